The Morgan fingerprint density at radius 2 is 1.62 bits per heavy atom. The highest BCUT2D eigenvalue weighted by atomic mass is 32.2. The molecule has 1 N–H and O–H groups in total. The van der Waals surface area contributed by atoms with Crippen LogP contribution in [0, 0.1) is 12.7 Å². The first-order valence-corrected chi connectivity index (χ1v) is 11.8. The number of carbonyl (C=O) groups is 1. The molecule has 0 unspecified atom stereocenters. The Labute approximate surface area is 188 Å². The van der Waals surface area contributed by atoms with Gasteiger partial charge in [0.1, 0.15) is 5.82 Å². The molecule has 0 saturated carbocycles. The van der Waals surface area contributed by atoms with E-state index < -0.39 is 21.7 Å². The quantitative estimate of drug-likeness (QED) is 0.516. The number of carbonyl (C=O) groups excluding carboxylic acids is 1. The highest BCUT2D eigenvalue weighted by molar-refractivity contribution is 7.89. The molecule has 7 heteroatoms. The maximum Gasteiger partial charge on any atom is 0.243 e. The molecule has 0 radical (unpaired) electrons. The number of hydrogen-bond donors (Lipinski definition) is 1. The molecule has 0 aromatic heterocycles. The molecule has 1 amide bonds. The SMILES string of the molecule is Cc1cccc(C(C)C)c1NC(=O)CN(Cc1ccccc1)S(=O)(=O)c1ccc(F)cc1. The van der Waals surface area contributed by atoms with Crippen LogP contribution in [0.15, 0.2) is 77.7 Å². The normalized spacial score (nSPS) is 11.7. The Morgan fingerprint density at radius 3 is 2.25 bits per heavy atom. The van der Waals surface area contributed by atoms with Gasteiger partial charge in [0, 0.05) is 12.2 Å². The number of aryl methyl sites for hydroxylation is 1. The van der Waals surface area contributed by atoms with Gasteiger partial charge in [-0.1, -0.05) is 62.4 Å². The van der Waals surface area contributed by atoms with Gasteiger partial charge in [0.15, 0.2) is 0 Å². The predicted molar refractivity (Wildman–Crippen MR) is 124 cm³/mol. The zero-order chi connectivity index (χ0) is 23.3. The Kier molecular flexibility index (Phi) is 7.43. The first-order valence-electron chi connectivity index (χ1n) is 10.4. The number of benzene rings is 3. The third-order valence-electron chi connectivity index (χ3n) is 5.16. The van der Waals surface area contributed by atoms with Gasteiger partial charge in [-0.25, -0.2) is 12.8 Å². The second-order valence-corrected chi connectivity index (χ2v) is 9.89. The van der Waals surface area contributed by atoms with Crippen LogP contribution in [0.4, 0.5) is 10.1 Å². The molecule has 0 aliphatic carbocycles. The van der Waals surface area contributed by atoms with Crippen molar-refractivity contribution in [3.63, 3.8) is 0 Å². The molecular weight excluding hydrogens is 427 g/mol. The number of anilines is 1. The monoisotopic (exact) mass is 454 g/mol. The average molecular weight is 455 g/mol. The van der Waals surface area contributed by atoms with E-state index in [1.165, 1.54) is 12.1 Å². The van der Waals surface area contributed by atoms with Crippen molar-refractivity contribution >= 4 is 21.6 Å². The largest absolute Gasteiger partial charge is 0.324 e. The summed E-state index contributed by atoms with van der Waals surface area (Å²) in [7, 11) is -4.03. The number of rotatable bonds is 8. The lowest BCUT2D eigenvalue weighted by Gasteiger charge is -2.23. The molecule has 0 heterocycles. The summed E-state index contributed by atoms with van der Waals surface area (Å²) in [4.78, 5) is 12.9. The lowest BCUT2D eigenvalue weighted by atomic mass is 9.98. The van der Waals surface area contributed by atoms with Crippen molar-refractivity contribution in [2.24, 2.45) is 0 Å². The third-order valence-corrected chi connectivity index (χ3v) is 6.97. The molecular formula is C25H27FN2O3S. The Bertz CT molecular complexity index is 1180. The molecule has 0 spiro atoms. The zero-order valence-corrected chi connectivity index (χ0v) is 19.2. The molecule has 168 valence electrons. The van der Waals surface area contributed by atoms with Gasteiger partial charge in [-0.15, -0.1) is 0 Å². The lowest BCUT2D eigenvalue weighted by molar-refractivity contribution is -0.116. The molecule has 5 nitrogen and oxygen atoms in total. The highest BCUT2D eigenvalue weighted by Gasteiger charge is 2.27. The van der Waals surface area contributed by atoms with Crippen LogP contribution in [-0.2, 0) is 21.4 Å². The van der Waals surface area contributed by atoms with Gasteiger partial charge in [0.05, 0.1) is 11.4 Å². The molecule has 0 aliphatic rings. The van der Waals surface area contributed by atoms with Crippen molar-refractivity contribution in [1.82, 2.24) is 4.31 Å². The zero-order valence-electron chi connectivity index (χ0n) is 18.4. The van der Waals surface area contributed by atoms with Crippen LogP contribution in [0.5, 0.6) is 0 Å². The summed E-state index contributed by atoms with van der Waals surface area (Å²) >= 11 is 0. The number of nitrogens with zero attached hydrogens (tertiary/aromatic N) is 1. The van der Waals surface area contributed by atoms with E-state index in [0.29, 0.717) is 5.69 Å². The van der Waals surface area contributed by atoms with Gasteiger partial charge in [0.2, 0.25) is 15.9 Å². The van der Waals surface area contributed by atoms with E-state index in [4.69, 9.17) is 0 Å². The van der Waals surface area contributed by atoms with Crippen LogP contribution >= 0.6 is 0 Å². The Morgan fingerprint density at radius 1 is 0.969 bits per heavy atom. The fraction of sp³-hybridized carbons (Fsp3) is 0.240. The number of amides is 1. The number of nitrogens with one attached hydrogen (secondary N) is 1. The van der Waals surface area contributed by atoms with Crippen LogP contribution in [-0.4, -0.2) is 25.2 Å². The molecule has 32 heavy (non-hydrogen) atoms. The predicted octanol–water partition coefficient (Wildman–Crippen LogP) is 5.09. The number of sulfonamides is 1. The van der Waals surface area contributed by atoms with Crippen LogP contribution in [0.2, 0.25) is 0 Å². The standard InChI is InChI=1S/C25H27FN2O3S/c1-18(2)23-11-7-8-19(3)25(23)27-24(29)17-28(16-20-9-5-4-6-10-20)32(30,31)22-14-12-21(26)13-15-22/h4-15,18H,16-17H2,1-3H3,(H,27,29). The van der Waals surface area contributed by atoms with Crippen LogP contribution < -0.4 is 5.32 Å². The minimum absolute atomic E-state index is 0.0127. The molecule has 0 saturated heterocycles. The molecule has 0 aliphatic heterocycles. The third kappa shape index (κ3) is 5.60. The maximum atomic E-state index is 13.3. The fourth-order valence-electron chi connectivity index (χ4n) is 3.45. The van der Waals surface area contributed by atoms with E-state index in [9.17, 15) is 17.6 Å². The van der Waals surface area contributed by atoms with Crippen molar-refractivity contribution in [1.29, 1.82) is 0 Å². The van der Waals surface area contributed by atoms with Crippen molar-refractivity contribution in [2.75, 3.05) is 11.9 Å². The van der Waals surface area contributed by atoms with Crippen molar-refractivity contribution in [3.05, 3.63) is 95.3 Å². The molecule has 3 aromatic rings. The van der Waals surface area contributed by atoms with Gasteiger partial charge in [-0.05, 0) is 53.8 Å². The topological polar surface area (TPSA) is 66.5 Å². The first kappa shape index (κ1) is 23.6. The van der Waals surface area contributed by atoms with Gasteiger partial charge in [0.25, 0.3) is 0 Å². The van der Waals surface area contributed by atoms with E-state index in [0.717, 1.165) is 33.1 Å². The highest BCUT2D eigenvalue weighted by Crippen LogP contribution is 2.27. The van der Waals surface area contributed by atoms with Gasteiger partial charge in [-0.2, -0.15) is 4.31 Å². The minimum Gasteiger partial charge on any atom is -0.324 e. The van der Waals surface area contributed by atoms with Crippen LogP contribution in [0.25, 0.3) is 0 Å². The van der Waals surface area contributed by atoms with Gasteiger partial charge in [-0.3, -0.25) is 4.79 Å². The van der Waals surface area contributed by atoms with Crippen molar-refractivity contribution in [3.8, 4) is 0 Å². The fourth-order valence-corrected chi connectivity index (χ4v) is 4.83. The average Bonchev–Trinajstić information content (AvgIpc) is 2.75. The second kappa shape index (κ2) is 10.1. The van der Waals surface area contributed by atoms with Gasteiger partial charge < -0.3 is 5.32 Å². The number of para-hydroxylation sites is 1. The van der Waals surface area contributed by atoms with E-state index >= 15 is 0 Å². The van der Waals surface area contributed by atoms with Crippen LogP contribution in [0.3, 0.4) is 0 Å². The summed E-state index contributed by atoms with van der Waals surface area (Å²) in [5.74, 6) is -0.784. The Hall–Kier alpha value is -3.03. The summed E-state index contributed by atoms with van der Waals surface area (Å²) in [5, 5.41) is 2.90. The number of halogens is 1. The minimum atomic E-state index is -4.03. The summed E-state index contributed by atoms with van der Waals surface area (Å²) in [5.41, 5.74) is 3.32. The molecule has 0 atom stereocenters. The second-order valence-electron chi connectivity index (χ2n) is 7.95. The smallest absolute Gasteiger partial charge is 0.243 e. The number of hydrogen-bond acceptors (Lipinski definition) is 3. The summed E-state index contributed by atoms with van der Waals surface area (Å²) < 4.78 is 41.1. The van der Waals surface area contributed by atoms with E-state index in [-0.39, 0.29) is 23.9 Å². The van der Waals surface area contributed by atoms with Crippen molar-refractivity contribution in [2.45, 2.75) is 38.1 Å². The van der Waals surface area contributed by atoms with Crippen molar-refractivity contribution < 1.29 is 17.6 Å². The van der Waals surface area contributed by atoms with E-state index in [2.05, 4.69) is 5.32 Å². The molecule has 0 bridgehead atoms. The summed E-state index contributed by atoms with van der Waals surface area (Å²) in [6.07, 6.45) is 0. The first-order chi connectivity index (χ1) is 15.2. The lowest BCUT2D eigenvalue weighted by Crippen LogP contribution is -2.37. The Balaban J connectivity index is 1.91. The maximum absolute atomic E-state index is 13.3. The van der Waals surface area contributed by atoms with E-state index in [1.54, 1.807) is 24.3 Å². The molecule has 0 fully saturated rings. The molecule has 3 rings (SSSR count). The van der Waals surface area contributed by atoms with Gasteiger partial charge >= 0.3 is 0 Å². The summed E-state index contributed by atoms with van der Waals surface area (Å²) in [6, 6.07) is 19.4. The molecule has 3 aromatic carbocycles. The van der Waals surface area contributed by atoms with Crippen LogP contribution in [0.1, 0.15) is 36.5 Å². The summed E-state index contributed by atoms with van der Waals surface area (Å²) in [6.45, 7) is 5.61. The van der Waals surface area contributed by atoms with E-state index in [1.807, 2.05) is 45.0 Å².